The van der Waals surface area contributed by atoms with Crippen LogP contribution in [0.1, 0.15) is 11.1 Å². The Bertz CT molecular complexity index is 597. The van der Waals surface area contributed by atoms with Crippen molar-refractivity contribution in [1.82, 2.24) is 20.2 Å². The molecule has 6 nitrogen and oxygen atoms in total. The van der Waals surface area contributed by atoms with Crippen LogP contribution in [0.3, 0.4) is 0 Å². The Morgan fingerprint density at radius 3 is 2.89 bits per heavy atom. The molecule has 0 aliphatic rings. The van der Waals surface area contributed by atoms with Crippen molar-refractivity contribution in [3.63, 3.8) is 0 Å². The average Bonchev–Trinajstić information content (AvgIpc) is 2.84. The van der Waals surface area contributed by atoms with Crippen LogP contribution >= 0.6 is 11.8 Å². The Balaban J connectivity index is 2.26. The van der Waals surface area contributed by atoms with Crippen LogP contribution in [0.4, 0.5) is 0 Å². The number of benzene rings is 1. The number of tetrazole rings is 1. The number of methoxy groups -OCH3 is 1. The molecule has 0 bridgehead atoms. The van der Waals surface area contributed by atoms with Crippen molar-refractivity contribution >= 4 is 17.7 Å². The summed E-state index contributed by atoms with van der Waals surface area (Å²) in [6.45, 7) is 4.03. The lowest BCUT2D eigenvalue weighted by molar-refractivity contribution is -0.137. The number of carbonyl (C=O) groups excluding carboxylic acids is 1. The van der Waals surface area contributed by atoms with Gasteiger partial charge in [-0.05, 0) is 35.9 Å². The summed E-state index contributed by atoms with van der Waals surface area (Å²) in [7, 11) is 1.36. The Morgan fingerprint density at radius 2 is 2.21 bits per heavy atom. The monoisotopic (exact) mass is 278 g/mol. The molecular weight excluding hydrogens is 264 g/mol. The van der Waals surface area contributed by atoms with Crippen molar-refractivity contribution in [3.05, 3.63) is 29.3 Å². The van der Waals surface area contributed by atoms with E-state index in [0.29, 0.717) is 5.16 Å². The second kappa shape index (κ2) is 5.83. The maximum absolute atomic E-state index is 11.1. The second-order valence-electron chi connectivity index (χ2n) is 4.03. The fourth-order valence-electron chi connectivity index (χ4n) is 1.65. The normalized spacial score (nSPS) is 10.5. The van der Waals surface area contributed by atoms with E-state index in [0.717, 1.165) is 11.3 Å². The van der Waals surface area contributed by atoms with E-state index in [-0.39, 0.29) is 11.7 Å². The first-order valence-electron chi connectivity index (χ1n) is 5.67. The lowest BCUT2D eigenvalue weighted by atomic mass is 10.1. The molecule has 0 unspecified atom stereocenters. The van der Waals surface area contributed by atoms with Gasteiger partial charge in [0.05, 0.1) is 18.6 Å². The van der Waals surface area contributed by atoms with E-state index < -0.39 is 0 Å². The number of hydrogen-bond acceptors (Lipinski definition) is 6. The van der Waals surface area contributed by atoms with Crippen molar-refractivity contribution in [1.29, 1.82) is 0 Å². The Kier molecular flexibility index (Phi) is 4.16. The van der Waals surface area contributed by atoms with Gasteiger partial charge >= 0.3 is 5.97 Å². The first-order chi connectivity index (χ1) is 9.11. The molecule has 1 aromatic carbocycles. The van der Waals surface area contributed by atoms with Crippen LogP contribution in [-0.2, 0) is 9.53 Å². The van der Waals surface area contributed by atoms with Crippen molar-refractivity contribution in [3.8, 4) is 5.69 Å². The van der Waals surface area contributed by atoms with E-state index in [4.69, 9.17) is 0 Å². The minimum Gasteiger partial charge on any atom is -0.468 e. The van der Waals surface area contributed by atoms with Crippen LogP contribution in [0, 0.1) is 13.8 Å². The summed E-state index contributed by atoms with van der Waals surface area (Å²) in [5, 5.41) is 12.1. The molecule has 0 aliphatic heterocycles. The molecule has 1 aromatic heterocycles. The number of thioether (sulfide) groups is 1. The number of esters is 1. The molecule has 2 aromatic rings. The number of aromatic nitrogens is 4. The summed E-state index contributed by atoms with van der Waals surface area (Å²) >= 11 is 1.25. The predicted molar refractivity (Wildman–Crippen MR) is 71.4 cm³/mol. The lowest BCUT2D eigenvalue weighted by Gasteiger charge is -2.07. The number of rotatable bonds is 4. The van der Waals surface area contributed by atoms with Crippen LogP contribution in [-0.4, -0.2) is 39.0 Å². The minimum absolute atomic E-state index is 0.182. The van der Waals surface area contributed by atoms with E-state index >= 15 is 0 Å². The highest BCUT2D eigenvalue weighted by Crippen LogP contribution is 2.21. The van der Waals surface area contributed by atoms with E-state index in [1.165, 1.54) is 24.4 Å². The third-order valence-corrected chi connectivity index (χ3v) is 3.46. The maximum atomic E-state index is 11.1. The number of nitrogens with zero attached hydrogens (tertiary/aromatic N) is 4. The molecule has 2 rings (SSSR count). The highest BCUT2D eigenvalue weighted by atomic mass is 32.2. The smallest absolute Gasteiger partial charge is 0.316 e. The fourth-order valence-corrected chi connectivity index (χ4v) is 2.36. The van der Waals surface area contributed by atoms with Gasteiger partial charge < -0.3 is 4.74 Å². The molecule has 0 spiro atoms. The van der Waals surface area contributed by atoms with Gasteiger partial charge in [0, 0.05) is 0 Å². The van der Waals surface area contributed by atoms with Gasteiger partial charge in [0.15, 0.2) is 0 Å². The van der Waals surface area contributed by atoms with Gasteiger partial charge in [-0.3, -0.25) is 4.79 Å². The average molecular weight is 278 g/mol. The zero-order chi connectivity index (χ0) is 13.8. The summed E-state index contributed by atoms with van der Waals surface area (Å²) < 4.78 is 6.22. The summed E-state index contributed by atoms with van der Waals surface area (Å²) in [5.74, 6) is -0.123. The van der Waals surface area contributed by atoms with Crippen molar-refractivity contribution in [2.45, 2.75) is 19.0 Å². The van der Waals surface area contributed by atoms with Gasteiger partial charge in [-0.1, -0.05) is 29.5 Å². The highest BCUT2D eigenvalue weighted by molar-refractivity contribution is 7.99. The van der Waals surface area contributed by atoms with Gasteiger partial charge in [-0.25, -0.2) is 0 Å². The Hall–Kier alpha value is -1.89. The molecule has 0 saturated heterocycles. The quantitative estimate of drug-likeness (QED) is 0.624. The topological polar surface area (TPSA) is 69.9 Å². The molecular formula is C12H14N4O2S. The summed E-state index contributed by atoms with van der Waals surface area (Å²) in [5.41, 5.74) is 3.16. The molecule has 0 radical (unpaired) electrons. The predicted octanol–water partition coefficient (Wildman–Crippen LogP) is 1.54. The van der Waals surface area contributed by atoms with Crippen molar-refractivity contribution < 1.29 is 9.53 Å². The van der Waals surface area contributed by atoms with Crippen molar-refractivity contribution in [2.75, 3.05) is 12.9 Å². The summed E-state index contributed by atoms with van der Waals surface area (Å²) in [6, 6.07) is 6.02. The van der Waals surface area contributed by atoms with Gasteiger partial charge in [0.1, 0.15) is 0 Å². The van der Waals surface area contributed by atoms with Crippen LogP contribution in [0.2, 0.25) is 0 Å². The lowest BCUT2D eigenvalue weighted by Crippen LogP contribution is -2.06. The van der Waals surface area contributed by atoms with Gasteiger partial charge in [0.2, 0.25) is 5.16 Å². The maximum Gasteiger partial charge on any atom is 0.316 e. The van der Waals surface area contributed by atoms with Crippen LogP contribution in [0.15, 0.2) is 23.4 Å². The Morgan fingerprint density at radius 1 is 1.42 bits per heavy atom. The Labute approximate surface area is 115 Å². The molecule has 0 amide bonds. The molecule has 100 valence electrons. The zero-order valence-corrected chi connectivity index (χ0v) is 11.8. The number of ether oxygens (including phenoxy) is 1. The molecule has 0 N–H and O–H groups in total. The largest absolute Gasteiger partial charge is 0.468 e. The summed E-state index contributed by atoms with van der Waals surface area (Å²) in [4.78, 5) is 11.1. The molecule has 1 heterocycles. The van der Waals surface area contributed by atoms with Crippen LogP contribution in [0.25, 0.3) is 5.69 Å². The molecule has 0 aliphatic carbocycles. The molecule has 19 heavy (non-hydrogen) atoms. The number of carbonyl (C=O) groups is 1. The molecule has 7 heteroatoms. The number of aryl methyl sites for hydroxylation is 2. The first-order valence-corrected chi connectivity index (χ1v) is 6.66. The van der Waals surface area contributed by atoms with Gasteiger partial charge in [0.25, 0.3) is 0 Å². The molecule has 0 atom stereocenters. The van der Waals surface area contributed by atoms with E-state index in [9.17, 15) is 4.79 Å². The second-order valence-corrected chi connectivity index (χ2v) is 4.97. The first kappa shape index (κ1) is 13.5. The van der Waals surface area contributed by atoms with Crippen LogP contribution < -0.4 is 0 Å². The van der Waals surface area contributed by atoms with Crippen molar-refractivity contribution in [2.24, 2.45) is 0 Å². The summed E-state index contributed by atoms with van der Waals surface area (Å²) in [6.07, 6.45) is 0. The minimum atomic E-state index is -0.305. The fraction of sp³-hybridized carbons (Fsp3) is 0.333. The number of hydrogen-bond donors (Lipinski definition) is 0. The van der Waals surface area contributed by atoms with E-state index in [1.807, 2.05) is 26.0 Å². The van der Waals surface area contributed by atoms with Gasteiger partial charge in [-0.2, -0.15) is 4.68 Å². The molecule has 0 saturated carbocycles. The highest BCUT2D eigenvalue weighted by Gasteiger charge is 2.13. The standard InChI is InChI=1S/C12H14N4O2S/c1-8-4-5-10(9(2)6-8)16-12(13-14-15-16)19-7-11(17)18-3/h4-6H,7H2,1-3H3. The van der Waals surface area contributed by atoms with E-state index in [2.05, 4.69) is 26.3 Å². The SMILES string of the molecule is COC(=O)CSc1nnnn1-c1ccc(C)cc1C. The third-order valence-electron chi connectivity index (χ3n) is 2.57. The van der Waals surface area contributed by atoms with Crippen LogP contribution in [0.5, 0.6) is 0 Å². The van der Waals surface area contributed by atoms with E-state index in [1.54, 1.807) is 4.68 Å². The third kappa shape index (κ3) is 3.11. The molecule has 0 fully saturated rings. The van der Waals surface area contributed by atoms with Gasteiger partial charge in [-0.15, -0.1) is 5.10 Å². The zero-order valence-electron chi connectivity index (χ0n) is 11.0.